The van der Waals surface area contributed by atoms with Gasteiger partial charge in [-0.3, -0.25) is 4.79 Å². The molecule has 112 valence electrons. The van der Waals surface area contributed by atoms with Crippen molar-refractivity contribution in [1.82, 2.24) is 14.9 Å². The van der Waals surface area contributed by atoms with Gasteiger partial charge in [0, 0.05) is 25.3 Å². The molecule has 5 nitrogen and oxygen atoms in total. The van der Waals surface area contributed by atoms with Crippen molar-refractivity contribution in [2.24, 2.45) is 5.41 Å². The van der Waals surface area contributed by atoms with Crippen LogP contribution in [-0.4, -0.2) is 45.6 Å². The van der Waals surface area contributed by atoms with Gasteiger partial charge in [-0.2, -0.15) is 0 Å². The molecule has 0 aliphatic carbocycles. The van der Waals surface area contributed by atoms with Crippen LogP contribution in [-0.2, 0) is 0 Å². The van der Waals surface area contributed by atoms with E-state index in [-0.39, 0.29) is 17.9 Å². The second-order valence-electron chi connectivity index (χ2n) is 5.94. The molecule has 5 heteroatoms. The molecule has 0 spiro atoms. The molecular formula is C16H21N3O2. The summed E-state index contributed by atoms with van der Waals surface area (Å²) in [4.78, 5) is 21.7. The predicted octanol–water partition coefficient (Wildman–Crippen LogP) is 2.19. The number of aromatic nitrogens is 2. The average molecular weight is 287 g/mol. The summed E-state index contributed by atoms with van der Waals surface area (Å²) in [5.41, 5.74) is 2.45. The number of rotatable bonds is 3. The third kappa shape index (κ3) is 2.53. The maximum Gasteiger partial charge on any atom is 0.253 e. The summed E-state index contributed by atoms with van der Waals surface area (Å²) in [6.07, 6.45) is 4.35. The minimum absolute atomic E-state index is 0.00408. The van der Waals surface area contributed by atoms with Crippen molar-refractivity contribution in [3.8, 4) is 0 Å². The van der Waals surface area contributed by atoms with E-state index in [1.807, 2.05) is 23.1 Å². The minimum Gasteiger partial charge on any atom is -0.396 e. The zero-order valence-corrected chi connectivity index (χ0v) is 12.3. The van der Waals surface area contributed by atoms with E-state index in [1.165, 1.54) is 0 Å². The summed E-state index contributed by atoms with van der Waals surface area (Å²) in [6.45, 7) is 3.76. The molecule has 1 saturated heterocycles. The van der Waals surface area contributed by atoms with Gasteiger partial charge >= 0.3 is 0 Å². The Kier molecular flexibility index (Phi) is 3.68. The van der Waals surface area contributed by atoms with Crippen molar-refractivity contribution in [3.63, 3.8) is 0 Å². The van der Waals surface area contributed by atoms with Crippen LogP contribution in [0.25, 0.3) is 11.0 Å². The zero-order chi connectivity index (χ0) is 14.9. The molecule has 21 heavy (non-hydrogen) atoms. The van der Waals surface area contributed by atoms with Gasteiger partial charge in [0.1, 0.15) is 0 Å². The first-order valence-corrected chi connectivity index (χ1v) is 7.51. The smallest absolute Gasteiger partial charge is 0.253 e. The van der Waals surface area contributed by atoms with Crippen LogP contribution in [0.2, 0.25) is 0 Å². The monoisotopic (exact) mass is 287 g/mol. The van der Waals surface area contributed by atoms with Gasteiger partial charge in [-0.25, -0.2) is 4.98 Å². The van der Waals surface area contributed by atoms with Crippen molar-refractivity contribution < 1.29 is 9.90 Å². The molecular weight excluding hydrogens is 266 g/mol. The summed E-state index contributed by atoms with van der Waals surface area (Å²) in [6, 6.07) is 5.56. The normalized spacial score (nSPS) is 18.1. The Balaban J connectivity index is 1.74. The number of imidazole rings is 1. The van der Waals surface area contributed by atoms with E-state index < -0.39 is 0 Å². The van der Waals surface area contributed by atoms with Crippen molar-refractivity contribution >= 4 is 16.9 Å². The van der Waals surface area contributed by atoms with Crippen LogP contribution in [0.15, 0.2) is 24.5 Å². The van der Waals surface area contributed by atoms with Gasteiger partial charge in [0.25, 0.3) is 5.91 Å². The van der Waals surface area contributed by atoms with E-state index in [4.69, 9.17) is 0 Å². The summed E-state index contributed by atoms with van der Waals surface area (Å²) in [5.74, 6) is 0.0640. The first kappa shape index (κ1) is 14.1. The molecule has 0 unspecified atom stereocenters. The Bertz CT molecular complexity index is 636. The van der Waals surface area contributed by atoms with E-state index in [0.717, 1.165) is 30.3 Å². The minimum atomic E-state index is 0.00408. The second-order valence-corrected chi connectivity index (χ2v) is 5.94. The van der Waals surface area contributed by atoms with E-state index in [0.29, 0.717) is 18.7 Å². The number of aliphatic hydroxyl groups excluding tert-OH is 1. The summed E-state index contributed by atoms with van der Waals surface area (Å²) in [5, 5.41) is 9.56. The molecule has 0 bridgehead atoms. The Hall–Kier alpha value is -1.88. The number of hydrogen-bond acceptors (Lipinski definition) is 3. The molecule has 1 fully saturated rings. The Morgan fingerprint density at radius 1 is 1.43 bits per heavy atom. The zero-order valence-electron chi connectivity index (χ0n) is 12.3. The number of nitrogens with zero attached hydrogens (tertiary/aromatic N) is 2. The Labute approximate surface area is 124 Å². The van der Waals surface area contributed by atoms with Gasteiger partial charge in [-0.05, 0) is 42.9 Å². The fraction of sp³-hybridized carbons (Fsp3) is 0.500. The van der Waals surface area contributed by atoms with Crippen LogP contribution in [0, 0.1) is 5.41 Å². The number of H-pyrrole nitrogens is 1. The quantitative estimate of drug-likeness (QED) is 0.909. The summed E-state index contributed by atoms with van der Waals surface area (Å²) < 4.78 is 0. The van der Waals surface area contributed by atoms with Crippen LogP contribution in [0.5, 0.6) is 0 Å². The Morgan fingerprint density at radius 2 is 2.19 bits per heavy atom. The lowest BCUT2D eigenvalue weighted by atomic mass is 9.77. The van der Waals surface area contributed by atoms with Gasteiger partial charge < -0.3 is 15.0 Å². The molecule has 0 radical (unpaired) electrons. The molecule has 3 rings (SSSR count). The van der Waals surface area contributed by atoms with Crippen LogP contribution >= 0.6 is 0 Å². The highest BCUT2D eigenvalue weighted by atomic mass is 16.3. The lowest BCUT2D eigenvalue weighted by Gasteiger charge is -2.40. The van der Waals surface area contributed by atoms with Gasteiger partial charge in [0.15, 0.2) is 0 Å². The first-order valence-electron chi connectivity index (χ1n) is 7.51. The van der Waals surface area contributed by atoms with E-state index >= 15 is 0 Å². The number of amides is 1. The first-order chi connectivity index (χ1) is 10.2. The SMILES string of the molecule is CCC1(CO)CCN(C(=O)c2ccc3nc[nH]c3c2)CC1. The van der Waals surface area contributed by atoms with Crippen LogP contribution < -0.4 is 0 Å². The van der Waals surface area contributed by atoms with E-state index in [1.54, 1.807) is 6.33 Å². The number of hydrogen-bond donors (Lipinski definition) is 2. The number of piperidine rings is 1. The number of benzene rings is 1. The molecule has 1 aliphatic rings. The maximum atomic E-state index is 12.6. The van der Waals surface area contributed by atoms with Crippen LogP contribution in [0.4, 0.5) is 0 Å². The number of fused-ring (bicyclic) bond motifs is 1. The number of carbonyl (C=O) groups excluding carboxylic acids is 1. The van der Waals surface area contributed by atoms with Crippen molar-refractivity contribution in [1.29, 1.82) is 0 Å². The van der Waals surface area contributed by atoms with E-state index in [2.05, 4.69) is 16.9 Å². The highest BCUT2D eigenvalue weighted by Crippen LogP contribution is 2.34. The van der Waals surface area contributed by atoms with Gasteiger partial charge in [0.2, 0.25) is 0 Å². The fourth-order valence-corrected chi connectivity index (χ4v) is 3.06. The molecule has 2 heterocycles. The summed E-state index contributed by atoms with van der Waals surface area (Å²) >= 11 is 0. The maximum absolute atomic E-state index is 12.6. The lowest BCUT2D eigenvalue weighted by Crippen LogP contribution is -2.44. The average Bonchev–Trinajstić information content (AvgIpc) is 3.02. The molecule has 1 aromatic heterocycles. The van der Waals surface area contributed by atoms with Crippen molar-refractivity contribution in [2.75, 3.05) is 19.7 Å². The summed E-state index contributed by atoms with van der Waals surface area (Å²) in [7, 11) is 0. The second kappa shape index (κ2) is 5.48. The third-order valence-electron chi connectivity index (χ3n) is 4.86. The molecule has 1 aromatic carbocycles. The number of carbonyl (C=O) groups is 1. The van der Waals surface area contributed by atoms with Crippen molar-refractivity contribution in [3.05, 3.63) is 30.1 Å². The largest absolute Gasteiger partial charge is 0.396 e. The molecule has 2 aromatic rings. The van der Waals surface area contributed by atoms with Crippen LogP contribution in [0.1, 0.15) is 36.5 Å². The predicted molar refractivity (Wildman–Crippen MR) is 81.0 cm³/mol. The van der Waals surface area contributed by atoms with Gasteiger partial charge in [0.05, 0.1) is 17.4 Å². The molecule has 1 amide bonds. The highest BCUT2D eigenvalue weighted by Gasteiger charge is 2.34. The molecule has 0 saturated carbocycles. The number of likely N-dealkylation sites (tertiary alicyclic amines) is 1. The van der Waals surface area contributed by atoms with Gasteiger partial charge in [-0.1, -0.05) is 6.92 Å². The van der Waals surface area contributed by atoms with E-state index in [9.17, 15) is 9.90 Å². The topological polar surface area (TPSA) is 69.2 Å². The third-order valence-corrected chi connectivity index (χ3v) is 4.86. The molecule has 0 atom stereocenters. The Morgan fingerprint density at radius 3 is 2.86 bits per heavy atom. The number of aromatic amines is 1. The number of aliphatic hydroxyl groups is 1. The number of nitrogens with one attached hydrogen (secondary N) is 1. The molecule has 2 N–H and O–H groups in total. The molecule has 1 aliphatic heterocycles. The fourth-order valence-electron chi connectivity index (χ4n) is 3.06. The highest BCUT2D eigenvalue weighted by molar-refractivity contribution is 5.97. The van der Waals surface area contributed by atoms with Crippen LogP contribution in [0.3, 0.4) is 0 Å². The standard InChI is InChI=1S/C16H21N3O2/c1-2-16(10-20)5-7-19(8-6-16)15(21)12-3-4-13-14(9-12)18-11-17-13/h3-4,9,11,20H,2,5-8,10H2,1H3,(H,17,18). The van der Waals surface area contributed by atoms with Gasteiger partial charge in [-0.15, -0.1) is 0 Å². The van der Waals surface area contributed by atoms with Crippen molar-refractivity contribution in [2.45, 2.75) is 26.2 Å². The lowest BCUT2D eigenvalue weighted by molar-refractivity contribution is 0.0338.